The molecule has 3 N–H and O–H groups in total. The summed E-state index contributed by atoms with van der Waals surface area (Å²) in [5, 5.41) is 8.04. The molecule has 0 spiro atoms. The Morgan fingerprint density at radius 2 is 1.96 bits per heavy atom. The maximum atomic E-state index is 12.4. The van der Waals surface area contributed by atoms with Crippen molar-refractivity contribution >= 4 is 34.2 Å². The first-order valence-corrected chi connectivity index (χ1v) is 9.70. The zero-order valence-electron chi connectivity index (χ0n) is 15.5. The van der Waals surface area contributed by atoms with E-state index in [1.807, 2.05) is 0 Å². The zero-order valence-corrected chi connectivity index (χ0v) is 16.3. The highest BCUT2D eigenvalue weighted by Crippen LogP contribution is 2.28. The van der Waals surface area contributed by atoms with Gasteiger partial charge in [-0.1, -0.05) is 23.5 Å². The van der Waals surface area contributed by atoms with Crippen LogP contribution in [0.1, 0.15) is 28.1 Å². The Morgan fingerprint density at radius 3 is 2.57 bits per heavy atom. The summed E-state index contributed by atoms with van der Waals surface area (Å²) in [5.74, 6) is -0.204. The van der Waals surface area contributed by atoms with E-state index in [1.54, 1.807) is 24.3 Å². The Balaban J connectivity index is 1.57. The van der Waals surface area contributed by atoms with E-state index in [4.69, 9.17) is 20.6 Å². The van der Waals surface area contributed by atoms with Crippen LogP contribution in [0.4, 0.5) is 5.13 Å². The van der Waals surface area contributed by atoms with Crippen LogP contribution in [0.3, 0.4) is 0 Å². The molecule has 1 aromatic carbocycles. The van der Waals surface area contributed by atoms with Crippen LogP contribution in [0.15, 0.2) is 30.5 Å². The van der Waals surface area contributed by atoms with Gasteiger partial charge in [-0.25, -0.2) is 9.78 Å². The summed E-state index contributed by atoms with van der Waals surface area (Å²) in [6.07, 6.45) is 3.29. The first-order chi connectivity index (χ1) is 13.5. The second-order valence-corrected chi connectivity index (χ2v) is 7.54. The van der Waals surface area contributed by atoms with Gasteiger partial charge < -0.3 is 20.1 Å². The Morgan fingerprint density at radius 1 is 1.29 bits per heavy atom. The minimum atomic E-state index is -0.465. The lowest BCUT2D eigenvalue weighted by Crippen LogP contribution is -2.36. The van der Waals surface area contributed by atoms with Gasteiger partial charge in [-0.05, 0) is 30.5 Å². The molecule has 0 unspecified atom stereocenters. The molecule has 1 fully saturated rings. The Kier molecular flexibility index (Phi) is 6.25. The Labute approximate surface area is 166 Å². The predicted octanol–water partition coefficient (Wildman–Crippen LogP) is 2.23. The third-order valence-electron chi connectivity index (χ3n) is 4.52. The van der Waals surface area contributed by atoms with E-state index in [1.165, 1.54) is 24.6 Å². The molecule has 0 amide bonds. The second kappa shape index (κ2) is 8.83. The average Bonchev–Trinajstić information content (AvgIpc) is 3.19. The van der Waals surface area contributed by atoms with Crippen LogP contribution in [-0.2, 0) is 16.0 Å². The molecule has 148 valence electrons. The summed E-state index contributed by atoms with van der Waals surface area (Å²) < 4.78 is 10.2. The van der Waals surface area contributed by atoms with E-state index in [0.717, 1.165) is 10.7 Å². The van der Waals surface area contributed by atoms with Gasteiger partial charge in [-0.2, -0.15) is 0 Å². The highest BCUT2D eigenvalue weighted by atomic mass is 32.1. The fourth-order valence-corrected chi connectivity index (χ4v) is 3.88. The van der Waals surface area contributed by atoms with Gasteiger partial charge >= 0.3 is 11.9 Å². The molecular formula is C19H22N4O4S. The summed E-state index contributed by atoms with van der Waals surface area (Å²) in [7, 11) is 1.41. The van der Waals surface area contributed by atoms with Gasteiger partial charge in [-0.3, -0.25) is 10.2 Å². The summed E-state index contributed by atoms with van der Waals surface area (Å²) in [6, 6.07) is 6.90. The number of aromatic nitrogens is 1. The number of anilines is 1. The standard InChI is InChI=1S/C19H22N4O4S/c1-26-17(24)13-6-8-23(9-7-13)19-22-11-15(28-19)18(25)27-14-4-2-12(3-5-14)10-16(20)21/h2-5,11,13H,6-10H2,1H3,(H3,20,21). The molecule has 0 saturated carbocycles. The van der Waals surface area contributed by atoms with Crippen molar-refractivity contribution in [1.29, 1.82) is 5.41 Å². The van der Waals surface area contributed by atoms with Crippen LogP contribution in [-0.4, -0.2) is 43.0 Å². The minimum Gasteiger partial charge on any atom is -0.469 e. The largest absolute Gasteiger partial charge is 0.469 e. The van der Waals surface area contributed by atoms with Crippen LogP contribution >= 0.6 is 11.3 Å². The number of thiazole rings is 1. The molecule has 1 aliphatic heterocycles. The van der Waals surface area contributed by atoms with Crippen LogP contribution in [0.5, 0.6) is 5.75 Å². The number of piperidine rings is 1. The molecule has 1 aliphatic rings. The first-order valence-electron chi connectivity index (χ1n) is 8.89. The van der Waals surface area contributed by atoms with Crippen molar-refractivity contribution in [2.75, 3.05) is 25.1 Å². The number of rotatable bonds is 6. The molecular weight excluding hydrogens is 380 g/mol. The minimum absolute atomic E-state index is 0.0726. The lowest BCUT2D eigenvalue weighted by atomic mass is 9.97. The number of hydrogen-bond donors (Lipinski definition) is 2. The number of carbonyl (C=O) groups excluding carboxylic acids is 2. The van der Waals surface area contributed by atoms with Crippen molar-refractivity contribution < 1.29 is 19.1 Å². The van der Waals surface area contributed by atoms with Gasteiger partial charge in [0.15, 0.2) is 5.13 Å². The quantitative estimate of drug-likeness (QED) is 0.329. The SMILES string of the molecule is COC(=O)C1CCN(c2ncc(C(=O)Oc3ccc(CC(=N)N)cc3)s2)CC1. The number of nitrogens with two attached hydrogens (primary N) is 1. The lowest BCUT2D eigenvalue weighted by molar-refractivity contribution is -0.146. The number of amidine groups is 1. The Hall–Kier alpha value is -2.94. The summed E-state index contributed by atoms with van der Waals surface area (Å²) in [5.41, 5.74) is 6.26. The predicted molar refractivity (Wildman–Crippen MR) is 106 cm³/mol. The summed E-state index contributed by atoms with van der Waals surface area (Å²) >= 11 is 1.27. The number of nitrogens with zero attached hydrogens (tertiary/aromatic N) is 2. The number of hydrogen-bond acceptors (Lipinski definition) is 8. The third kappa shape index (κ3) is 4.86. The molecule has 3 rings (SSSR count). The molecule has 0 radical (unpaired) electrons. The van der Waals surface area contributed by atoms with Crippen molar-refractivity contribution in [1.82, 2.24) is 4.98 Å². The average molecular weight is 402 g/mol. The maximum Gasteiger partial charge on any atom is 0.355 e. The molecule has 2 aromatic rings. The molecule has 0 atom stereocenters. The Bertz CT molecular complexity index is 857. The van der Waals surface area contributed by atoms with Crippen molar-refractivity contribution in [2.24, 2.45) is 11.7 Å². The van der Waals surface area contributed by atoms with Crippen LogP contribution < -0.4 is 15.4 Å². The van der Waals surface area contributed by atoms with Crippen molar-refractivity contribution in [3.63, 3.8) is 0 Å². The van der Waals surface area contributed by atoms with Crippen LogP contribution in [0, 0.1) is 11.3 Å². The number of methoxy groups -OCH3 is 1. The van der Waals surface area contributed by atoms with Gasteiger partial charge in [0, 0.05) is 19.5 Å². The monoisotopic (exact) mass is 402 g/mol. The van der Waals surface area contributed by atoms with E-state index in [-0.39, 0.29) is 17.7 Å². The molecule has 28 heavy (non-hydrogen) atoms. The molecule has 1 saturated heterocycles. The van der Waals surface area contributed by atoms with E-state index < -0.39 is 5.97 Å². The zero-order chi connectivity index (χ0) is 20.1. The van der Waals surface area contributed by atoms with Crippen molar-refractivity contribution in [2.45, 2.75) is 19.3 Å². The smallest absolute Gasteiger partial charge is 0.355 e. The number of carbonyl (C=O) groups is 2. The van der Waals surface area contributed by atoms with Gasteiger partial charge in [0.25, 0.3) is 0 Å². The van der Waals surface area contributed by atoms with Gasteiger partial charge in [-0.15, -0.1) is 0 Å². The van der Waals surface area contributed by atoms with E-state index in [9.17, 15) is 9.59 Å². The van der Waals surface area contributed by atoms with Crippen LogP contribution in [0.25, 0.3) is 0 Å². The fourth-order valence-electron chi connectivity index (χ4n) is 3.03. The van der Waals surface area contributed by atoms with Crippen molar-refractivity contribution in [3.8, 4) is 5.75 Å². The number of esters is 2. The molecule has 1 aromatic heterocycles. The molecule has 0 bridgehead atoms. The van der Waals surface area contributed by atoms with Crippen molar-refractivity contribution in [3.05, 3.63) is 40.9 Å². The van der Waals surface area contributed by atoms with Crippen LogP contribution in [0.2, 0.25) is 0 Å². The summed E-state index contributed by atoms with van der Waals surface area (Å²) in [4.78, 5) is 30.8. The van der Waals surface area contributed by atoms with Gasteiger partial charge in [0.05, 0.1) is 25.1 Å². The highest BCUT2D eigenvalue weighted by molar-refractivity contribution is 7.17. The molecule has 2 heterocycles. The number of benzene rings is 1. The topological polar surface area (TPSA) is 119 Å². The molecule has 9 heteroatoms. The third-order valence-corrected chi connectivity index (χ3v) is 5.56. The lowest BCUT2D eigenvalue weighted by Gasteiger charge is -2.30. The fraction of sp³-hybridized carbons (Fsp3) is 0.368. The second-order valence-electron chi connectivity index (χ2n) is 6.53. The highest BCUT2D eigenvalue weighted by Gasteiger charge is 2.27. The van der Waals surface area contributed by atoms with E-state index in [2.05, 4.69) is 9.88 Å². The first kappa shape index (κ1) is 19.8. The number of ether oxygens (including phenoxy) is 2. The van der Waals surface area contributed by atoms with E-state index in [0.29, 0.717) is 43.0 Å². The molecule has 8 nitrogen and oxygen atoms in total. The molecule has 0 aliphatic carbocycles. The number of nitrogens with one attached hydrogen (secondary N) is 1. The summed E-state index contributed by atoms with van der Waals surface area (Å²) in [6.45, 7) is 1.39. The van der Waals surface area contributed by atoms with E-state index >= 15 is 0 Å². The van der Waals surface area contributed by atoms with Gasteiger partial charge in [0.2, 0.25) is 0 Å². The maximum absolute atomic E-state index is 12.4. The van der Waals surface area contributed by atoms with Gasteiger partial charge in [0.1, 0.15) is 10.6 Å². The normalized spacial score (nSPS) is 14.5.